The predicted octanol–water partition coefficient (Wildman–Crippen LogP) is 6.14. The number of rotatable bonds is 4. The summed E-state index contributed by atoms with van der Waals surface area (Å²) in [6.07, 6.45) is 4.83. The summed E-state index contributed by atoms with van der Waals surface area (Å²) in [6.45, 7) is 4.59. The number of fused-ring (bicyclic) bond motifs is 2. The van der Waals surface area contributed by atoms with E-state index in [0.717, 1.165) is 29.0 Å². The highest BCUT2D eigenvalue weighted by molar-refractivity contribution is 6.39. The van der Waals surface area contributed by atoms with E-state index in [2.05, 4.69) is 11.9 Å². The number of halogens is 2. The van der Waals surface area contributed by atoms with Crippen LogP contribution in [0.25, 0.3) is 23.1 Å². The van der Waals surface area contributed by atoms with E-state index in [1.54, 1.807) is 0 Å². The van der Waals surface area contributed by atoms with Gasteiger partial charge in [0.2, 0.25) is 0 Å². The number of nitrogens with zero attached hydrogens (tertiary/aromatic N) is 1. The summed E-state index contributed by atoms with van der Waals surface area (Å²) in [5.74, 6) is 1.62. The van der Waals surface area contributed by atoms with Crippen molar-refractivity contribution >= 4 is 46.3 Å². The average Bonchev–Trinajstić information content (AvgIpc) is 3.03. The molecule has 0 saturated carbocycles. The molecule has 0 amide bonds. The van der Waals surface area contributed by atoms with Gasteiger partial charge in [-0.05, 0) is 56.3 Å². The van der Waals surface area contributed by atoms with Crippen molar-refractivity contribution in [1.29, 1.82) is 0 Å². The summed E-state index contributed by atoms with van der Waals surface area (Å²) in [5.41, 5.74) is 3.10. The SMILES string of the molecule is CCOc1cc2c(cc1C=Cc1ccc3c(Cl)cc(Cl)c(O)c3n1)OC(C)C2. The molecule has 0 spiro atoms. The molecule has 1 atom stereocenters. The number of hydrogen-bond donors (Lipinski definition) is 1. The number of aromatic hydroxyl groups is 1. The quantitative estimate of drug-likeness (QED) is 0.555. The maximum atomic E-state index is 10.2. The van der Waals surface area contributed by atoms with Crippen LogP contribution in [0, 0.1) is 0 Å². The summed E-state index contributed by atoms with van der Waals surface area (Å²) in [5, 5.41) is 11.5. The molecular weight excluding hydrogens is 397 g/mol. The van der Waals surface area contributed by atoms with Crippen molar-refractivity contribution in [3.63, 3.8) is 0 Å². The average molecular weight is 416 g/mol. The minimum atomic E-state index is -0.0776. The van der Waals surface area contributed by atoms with E-state index in [4.69, 9.17) is 32.7 Å². The molecule has 0 fully saturated rings. The number of hydrogen-bond acceptors (Lipinski definition) is 4. The second kappa shape index (κ2) is 7.53. The maximum absolute atomic E-state index is 10.2. The molecule has 1 aliphatic rings. The third-order valence-electron chi connectivity index (χ3n) is 4.64. The second-order valence-electron chi connectivity index (χ2n) is 6.72. The van der Waals surface area contributed by atoms with Gasteiger partial charge >= 0.3 is 0 Å². The second-order valence-corrected chi connectivity index (χ2v) is 7.53. The maximum Gasteiger partial charge on any atom is 0.160 e. The Kier molecular flexibility index (Phi) is 5.09. The minimum Gasteiger partial charge on any atom is -0.504 e. The van der Waals surface area contributed by atoms with E-state index >= 15 is 0 Å². The zero-order chi connectivity index (χ0) is 19.8. The van der Waals surface area contributed by atoms with E-state index in [9.17, 15) is 5.11 Å². The van der Waals surface area contributed by atoms with E-state index in [0.29, 0.717) is 28.2 Å². The Morgan fingerprint density at radius 3 is 2.82 bits per heavy atom. The molecule has 0 radical (unpaired) electrons. The topological polar surface area (TPSA) is 51.6 Å². The van der Waals surface area contributed by atoms with Crippen LogP contribution in [0.5, 0.6) is 17.2 Å². The van der Waals surface area contributed by atoms with E-state index in [-0.39, 0.29) is 16.9 Å². The number of phenols is 1. The van der Waals surface area contributed by atoms with Crippen molar-refractivity contribution < 1.29 is 14.6 Å². The molecule has 1 aromatic heterocycles. The lowest BCUT2D eigenvalue weighted by molar-refractivity contribution is 0.254. The van der Waals surface area contributed by atoms with Crippen LogP contribution in [0.15, 0.2) is 30.3 Å². The fraction of sp³-hybridized carbons (Fsp3) is 0.227. The van der Waals surface area contributed by atoms with Crippen LogP contribution < -0.4 is 9.47 Å². The van der Waals surface area contributed by atoms with E-state index in [1.807, 2.05) is 43.3 Å². The van der Waals surface area contributed by atoms with Gasteiger partial charge in [-0.25, -0.2) is 4.98 Å². The third-order valence-corrected chi connectivity index (χ3v) is 5.24. The molecule has 6 heteroatoms. The third kappa shape index (κ3) is 3.50. The van der Waals surface area contributed by atoms with Crippen molar-refractivity contribution in [2.45, 2.75) is 26.4 Å². The van der Waals surface area contributed by atoms with Gasteiger partial charge in [0.15, 0.2) is 5.75 Å². The molecule has 2 aromatic carbocycles. The Morgan fingerprint density at radius 2 is 2.04 bits per heavy atom. The van der Waals surface area contributed by atoms with Crippen LogP contribution in [-0.2, 0) is 6.42 Å². The molecule has 144 valence electrons. The molecule has 2 heterocycles. The van der Waals surface area contributed by atoms with Gasteiger partial charge in [-0.2, -0.15) is 0 Å². The van der Waals surface area contributed by atoms with Gasteiger partial charge in [-0.3, -0.25) is 0 Å². The number of aromatic nitrogens is 1. The highest BCUT2D eigenvalue weighted by Crippen LogP contribution is 2.37. The van der Waals surface area contributed by atoms with Crippen LogP contribution in [0.3, 0.4) is 0 Å². The highest BCUT2D eigenvalue weighted by Gasteiger charge is 2.21. The Bertz CT molecular complexity index is 1100. The van der Waals surface area contributed by atoms with Gasteiger partial charge < -0.3 is 14.6 Å². The zero-order valence-electron chi connectivity index (χ0n) is 15.5. The van der Waals surface area contributed by atoms with Crippen LogP contribution in [0.1, 0.15) is 30.7 Å². The van der Waals surface area contributed by atoms with Crippen molar-refractivity contribution in [2.75, 3.05) is 6.61 Å². The molecule has 4 nitrogen and oxygen atoms in total. The monoisotopic (exact) mass is 415 g/mol. The molecule has 0 aliphatic carbocycles. The first-order valence-corrected chi connectivity index (χ1v) is 9.84. The molecule has 0 bridgehead atoms. The predicted molar refractivity (Wildman–Crippen MR) is 114 cm³/mol. The Morgan fingerprint density at radius 1 is 1.21 bits per heavy atom. The number of benzene rings is 2. The number of ether oxygens (including phenoxy) is 2. The van der Waals surface area contributed by atoms with Gasteiger partial charge in [0.05, 0.1) is 22.3 Å². The molecule has 0 saturated heterocycles. The molecular formula is C22H19Cl2NO3. The normalized spacial score (nSPS) is 15.8. The van der Waals surface area contributed by atoms with Crippen LogP contribution in [0.2, 0.25) is 10.0 Å². The standard InChI is InChI=1S/C22H19Cl2NO3/c1-3-27-19-10-14-8-12(2)28-20(14)9-13(19)4-5-15-6-7-16-17(23)11-18(24)22(26)21(16)25-15/h4-7,9-12,26H,3,8H2,1-2H3. The summed E-state index contributed by atoms with van der Waals surface area (Å²) in [6, 6.07) is 9.20. The summed E-state index contributed by atoms with van der Waals surface area (Å²) in [4.78, 5) is 4.49. The largest absolute Gasteiger partial charge is 0.504 e. The molecule has 4 rings (SSSR count). The van der Waals surface area contributed by atoms with Crippen molar-refractivity contribution in [1.82, 2.24) is 4.98 Å². The fourth-order valence-corrected chi connectivity index (χ4v) is 3.87. The molecule has 1 aliphatic heterocycles. The lowest BCUT2D eigenvalue weighted by Gasteiger charge is -2.10. The van der Waals surface area contributed by atoms with Crippen molar-refractivity contribution in [3.8, 4) is 17.2 Å². The zero-order valence-corrected chi connectivity index (χ0v) is 17.0. The van der Waals surface area contributed by atoms with E-state index < -0.39 is 0 Å². The van der Waals surface area contributed by atoms with Crippen LogP contribution in [-0.4, -0.2) is 22.8 Å². The molecule has 1 N–H and O–H groups in total. The Balaban J connectivity index is 1.73. The van der Waals surface area contributed by atoms with Crippen molar-refractivity contribution in [3.05, 3.63) is 57.2 Å². The lowest BCUT2D eigenvalue weighted by atomic mass is 10.1. The highest BCUT2D eigenvalue weighted by atomic mass is 35.5. The number of phenolic OH excluding ortho intramolecular Hbond substituents is 1. The van der Waals surface area contributed by atoms with Crippen LogP contribution >= 0.6 is 23.2 Å². The molecule has 3 aromatic rings. The summed E-state index contributed by atoms with van der Waals surface area (Å²) in [7, 11) is 0. The van der Waals surface area contributed by atoms with Gasteiger partial charge in [0, 0.05) is 22.9 Å². The van der Waals surface area contributed by atoms with Gasteiger partial charge in [-0.1, -0.05) is 23.2 Å². The van der Waals surface area contributed by atoms with Gasteiger partial charge in [0.25, 0.3) is 0 Å². The Hall–Kier alpha value is -2.43. The van der Waals surface area contributed by atoms with Crippen LogP contribution in [0.4, 0.5) is 0 Å². The van der Waals surface area contributed by atoms with Gasteiger partial charge in [0.1, 0.15) is 23.1 Å². The first-order chi connectivity index (χ1) is 13.5. The fourth-order valence-electron chi connectivity index (χ4n) is 3.35. The first-order valence-electron chi connectivity index (χ1n) is 9.08. The number of pyridine rings is 1. The van der Waals surface area contributed by atoms with Gasteiger partial charge in [-0.15, -0.1) is 0 Å². The lowest BCUT2D eigenvalue weighted by Crippen LogP contribution is -2.05. The summed E-state index contributed by atoms with van der Waals surface area (Å²) < 4.78 is 11.7. The van der Waals surface area contributed by atoms with Crippen molar-refractivity contribution in [2.24, 2.45) is 0 Å². The Labute approximate surface area is 173 Å². The minimum absolute atomic E-state index is 0.0776. The molecule has 28 heavy (non-hydrogen) atoms. The summed E-state index contributed by atoms with van der Waals surface area (Å²) >= 11 is 12.2. The molecule has 1 unspecified atom stereocenters. The smallest absolute Gasteiger partial charge is 0.160 e. The van der Waals surface area contributed by atoms with E-state index in [1.165, 1.54) is 6.07 Å². The first kappa shape index (κ1) is 18.9.